The monoisotopic (exact) mass is 278 g/mol. The highest BCUT2D eigenvalue weighted by Crippen LogP contribution is 2.20. The molecular formula is C10H18N2O3S2. The number of sulfone groups is 1. The van der Waals surface area contributed by atoms with Crippen LogP contribution < -0.4 is 10.6 Å². The van der Waals surface area contributed by atoms with Crippen LogP contribution in [0.1, 0.15) is 12.8 Å². The molecule has 2 unspecified atom stereocenters. The molecule has 0 aromatic carbocycles. The topological polar surface area (TPSA) is 75.3 Å². The van der Waals surface area contributed by atoms with Crippen LogP contribution in [-0.4, -0.2) is 50.0 Å². The van der Waals surface area contributed by atoms with Crippen LogP contribution in [0.5, 0.6) is 0 Å². The van der Waals surface area contributed by atoms with Crippen LogP contribution in [-0.2, 0) is 14.6 Å². The summed E-state index contributed by atoms with van der Waals surface area (Å²) >= 11 is 1.72. The summed E-state index contributed by atoms with van der Waals surface area (Å²) in [7, 11) is -2.79. The van der Waals surface area contributed by atoms with E-state index in [0.717, 1.165) is 24.5 Å². The van der Waals surface area contributed by atoms with Gasteiger partial charge < -0.3 is 5.32 Å². The Hall–Kier alpha value is -0.270. The van der Waals surface area contributed by atoms with E-state index in [-0.39, 0.29) is 17.9 Å². The zero-order chi connectivity index (χ0) is 12.3. The molecule has 5 nitrogen and oxygen atoms in total. The fourth-order valence-electron chi connectivity index (χ4n) is 2.19. The van der Waals surface area contributed by atoms with Gasteiger partial charge in [0.15, 0.2) is 9.84 Å². The van der Waals surface area contributed by atoms with Crippen molar-refractivity contribution < 1.29 is 13.2 Å². The third-order valence-electron chi connectivity index (χ3n) is 3.21. The quantitative estimate of drug-likeness (QED) is 0.731. The Labute approximate surface area is 106 Å². The summed E-state index contributed by atoms with van der Waals surface area (Å²) in [6.07, 6.45) is 1.51. The molecule has 0 aromatic rings. The van der Waals surface area contributed by atoms with Gasteiger partial charge in [-0.05, 0) is 18.8 Å². The molecule has 0 spiro atoms. The predicted molar refractivity (Wildman–Crippen MR) is 68.6 cm³/mol. The van der Waals surface area contributed by atoms with Gasteiger partial charge in [0, 0.05) is 18.2 Å². The molecule has 0 aliphatic carbocycles. The van der Waals surface area contributed by atoms with Crippen molar-refractivity contribution in [3.63, 3.8) is 0 Å². The summed E-state index contributed by atoms with van der Waals surface area (Å²) in [5, 5.41) is 5.97. The van der Waals surface area contributed by atoms with Crippen LogP contribution in [0.25, 0.3) is 0 Å². The van der Waals surface area contributed by atoms with E-state index < -0.39 is 9.84 Å². The van der Waals surface area contributed by atoms with Gasteiger partial charge in [-0.2, -0.15) is 0 Å². The standard InChI is InChI=1S/C10H18N2O3S2/c13-10(9-5-16-7-12-9)11-3-1-8-2-4-17(14,15)6-8/h8-9,12H,1-7H2,(H,11,13). The van der Waals surface area contributed by atoms with E-state index >= 15 is 0 Å². The molecule has 2 rings (SSSR count). The van der Waals surface area contributed by atoms with Gasteiger partial charge in [-0.3, -0.25) is 10.1 Å². The molecule has 2 aliphatic rings. The van der Waals surface area contributed by atoms with E-state index in [1.54, 1.807) is 11.8 Å². The first-order valence-electron chi connectivity index (χ1n) is 5.86. The Kier molecular flexibility index (Phi) is 4.32. The minimum absolute atomic E-state index is 0.0378. The van der Waals surface area contributed by atoms with Gasteiger partial charge in [-0.25, -0.2) is 8.42 Å². The number of nitrogens with one attached hydrogen (secondary N) is 2. The molecule has 98 valence electrons. The number of thioether (sulfide) groups is 1. The van der Waals surface area contributed by atoms with Crippen molar-refractivity contribution in [3.8, 4) is 0 Å². The molecule has 2 aliphatic heterocycles. The molecule has 0 bridgehead atoms. The highest BCUT2D eigenvalue weighted by atomic mass is 32.2. The van der Waals surface area contributed by atoms with E-state index in [1.165, 1.54) is 0 Å². The molecule has 0 radical (unpaired) electrons. The van der Waals surface area contributed by atoms with Crippen LogP contribution in [0.15, 0.2) is 0 Å². The van der Waals surface area contributed by atoms with Crippen molar-refractivity contribution in [1.82, 2.24) is 10.6 Å². The van der Waals surface area contributed by atoms with Crippen molar-refractivity contribution >= 4 is 27.5 Å². The maximum Gasteiger partial charge on any atom is 0.238 e. The van der Waals surface area contributed by atoms with Gasteiger partial charge in [0.05, 0.1) is 17.5 Å². The summed E-state index contributed by atoms with van der Waals surface area (Å²) in [6, 6.07) is -0.0766. The average molecular weight is 278 g/mol. The van der Waals surface area contributed by atoms with Crippen molar-refractivity contribution in [1.29, 1.82) is 0 Å². The molecule has 0 aromatic heterocycles. The number of hydrogen-bond donors (Lipinski definition) is 2. The van der Waals surface area contributed by atoms with Gasteiger partial charge in [-0.1, -0.05) is 0 Å². The second kappa shape index (κ2) is 5.58. The number of rotatable bonds is 4. The normalized spacial score (nSPS) is 31.5. The lowest BCUT2D eigenvalue weighted by Gasteiger charge is -2.12. The predicted octanol–water partition coefficient (Wildman–Crippen LogP) is -0.410. The lowest BCUT2D eigenvalue weighted by Crippen LogP contribution is -2.42. The highest BCUT2D eigenvalue weighted by molar-refractivity contribution is 7.99. The Morgan fingerprint density at radius 2 is 2.29 bits per heavy atom. The number of carbonyl (C=O) groups excluding carboxylic acids is 1. The van der Waals surface area contributed by atoms with Gasteiger partial charge in [0.25, 0.3) is 0 Å². The minimum atomic E-state index is -2.79. The minimum Gasteiger partial charge on any atom is -0.355 e. The molecule has 2 N–H and O–H groups in total. The first kappa shape index (κ1) is 13.2. The lowest BCUT2D eigenvalue weighted by atomic mass is 10.1. The van der Waals surface area contributed by atoms with Gasteiger partial charge >= 0.3 is 0 Å². The fraction of sp³-hybridized carbons (Fsp3) is 0.900. The van der Waals surface area contributed by atoms with Gasteiger partial charge in [-0.15, -0.1) is 11.8 Å². The maximum absolute atomic E-state index is 11.6. The van der Waals surface area contributed by atoms with Crippen LogP contribution in [0.3, 0.4) is 0 Å². The second-order valence-corrected chi connectivity index (χ2v) is 7.88. The molecule has 0 saturated carbocycles. The second-order valence-electron chi connectivity index (χ2n) is 4.62. The average Bonchev–Trinajstić information content (AvgIpc) is 2.87. The zero-order valence-corrected chi connectivity index (χ0v) is 11.3. The third kappa shape index (κ3) is 3.86. The zero-order valence-electron chi connectivity index (χ0n) is 9.65. The summed E-state index contributed by atoms with van der Waals surface area (Å²) < 4.78 is 22.5. The van der Waals surface area contributed by atoms with Crippen molar-refractivity contribution in [2.75, 3.05) is 29.7 Å². The molecule has 2 heterocycles. The van der Waals surface area contributed by atoms with Crippen molar-refractivity contribution in [3.05, 3.63) is 0 Å². The number of carbonyl (C=O) groups is 1. The molecule has 2 saturated heterocycles. The highest BCUT2D eigenvalue weighted by Gasteiger charge is 2.28. The molecule has 2 fully saturated rings. The van der Waals surface area contributed by atoms with E-state index in [0.29, 0.717) is 18.1 Å². The smallest absolute Gasteiger partial charge is 0.238 e. The van der Waals surface area contributed by atoms with Crippen molar-refractivity contribution in [2.24, 2.45) is 5.92 Å². The van der Waals surface area contributed by atoms with Gasteiger partial charge in [0.2, 0.25) is 5.91 Å². The summed E-state index contributed by atoms with van der Waals surface area (Å²) in [5.41, 5.74) is 0. The van der Waals surface area contributed by atoms with Crippen LogP contribution in [0.2, 0.25) is 0 Å². The Morgan fingerprint density at radius 3 is 2.88 bits per heavy atom. The molecular weight excluding hydrogens is 260 g/mol. The SMILES string of the molecule is O=C(NCCC1CCS(=O)(=O)C1)C1CSCN1. The molecule has 17 heavy (non-hydrogen) atoms. The first-order chi connectivity index (χ1) is 8.07. The molecule has 7 heteroatoms. The Morgan fingerprint density at radius 1 is 1.47 bits per heavy atom. The summed E-state index contributed by atoms with van der Waals surface area (Å²) in [5.74, 6) is 2.53. The van der Waals surface area contributed by atoms with E-state index in [4.69, 9.17) is 0 Å². The van der Waals surface area contributed by atoms with Crippen LogP contribution in [0, 0.1) is 5.92 Å². The Bertz CT molecular complexity index is 377. The van der Waals surface area contributed by atoms with E-state index in [1.807, 2.05) is 0 Å². The number of hydrogen-bond acceptors (Lipinski definition) is 5. The largest absolute Gasteiger partial charge is 0.355 e. The van der Waals surface area contributed by atoms with E-state index in [9.17, 15) is 13.2 Å². The van der Waals surface area contributed by atoms with E-state index in [2.05, 4.69) is 10.6 Å². The third-order valence-corrected chi connectivity index (χ3v) is 5.99. The van der Waals surface area contributed by atoms with Gasteiger partial charge in [0.1, 0.15) is 0 Å². The molecule has 1 amide bonds. The van der Waals surface area contributed by atoms with Crippen LogP contribution in [0.4, 0.5) is 0 Å². The van der Waals surface area contributed by atoms with Crippen LogP contribution >= 0.6 is 11.8 Å². The maximum atomic E-state index is 11.6. The lowest BCUT2D eigenvalue weighted by molar-refractivity contribution is -0.122. The first-order valence-corrected chi connectivity index (χ1v) is 8.84. The number of amides is 1. The Balaban J connectivity index is 1.64. The summed E-state index contributed by atoms with van der Waals surface area (Å²) in [4.78, 5) is 11.6. The molecule has 2 atom stereocenters. The van der Waals surface area contributed by atoms with Crippen molar-refractivity contribution in [2.45, 2.75) is 18.9 Å². The fourth-order valence-corrected chi connectivity index (χ4v) is 5.04. The summed E-state index contributed by atoms with van der Waals surface area (Å²) in [6.45, 7) is 0.585.